The maximum Gasteiger partial charge on any atom is 0.137 e. The number of halogens is 3. The Balaban J connectivity index is 0.00000168. The van der Waals surface area contributed by atoms with Crippen LogP contribution < -0.4 is 0 Å². The van der Waals surface area contributed by atoms with Crippen LogP contribution in [0.2, 0.25) is 0 Å². The van der Waals surface area contributed by atoms with Crippen LogP contribution in [-0.2, 0) is 0 Å². The molecule has 0 unspecified atom stereocenters. The number of fused-ring (bicyclic) bond motifs is 2. The van der Waals surface area contributed by atoms with E-state index in [0.717, 1.165) is 49.5 Å². The van der Waals surface area contributed by atoms with E-state index in [9.17, 15) is 9.50 Å². The monoisotopic (exact) mass is 566 g/mol. The fraction of sp³-hybridized carbons (Fsp3) is 0.111. The first-order valence-corrected chi connectivity index (χ1v) is 12.2. The number of aromatic nitrogens is 5. The summed E-state index contributed by atoms with van der Waals surface area (Å²) in [7, 11) is 0. The Labute approximate surface area is 233 Å². The molecule has 6 rings (SSSR count). The maximum absolute atomic E-state index is 13.4. The van der Waals surface area contributed by atoms with Gasteiger partial charge in [-0.2, -0.15) is 10.4 Å². The predicted molar refractivity (Wildman–Crippen MR) is 151 cm³/mol. The van der Waals surface area contributed by atoms with Crippen molar-refractivity contribution in [3.05, 3.63) is 84.0 Å². The lowest BCUT2D eigenvalue weighted by Gasteiger charge is -2.07. The lowest BCUT2D eigenvalue weighted by molar-refractivity contribution is 0.169. The number of rotatable bonds is 6. The smallest absolute Gasteiger partial charge is 0.137 e. The molecule has 6 aromatic rings. The molecule has 192 valence electrons. The SMILES string of the molecule is Cl.Cl.N#CCC[C@H](O)c1nc2ccc(-c3cnc4ccc(-c5c[nH]nc5-c5ccc(F)cc5)cn34)cc2s1. The number of aliphatic hydroxyl groups is 1. The molecular weight excluding hydrogens is 546 g/mol. The Morgan fingerprint density at radius 3 is 2.61 bits per heavy atom. The standard InChI is InChI=1S/C27H19FN6OS.2ClH/c28-19-7-3-16(4-8-19)26-20(13-31-33-26)18-6-10-25-30-14-22(34(25)15-18)17-5-9-21-24(12-17)36-27(32-21)23(35)2-1-11-29;;/h3-10,12-15,23,35H,1-2H2,(H,31,33);2*1H/t23-;;/m0../s1. The second kappa shape index (κ2) is 11.3. The summed E-state index contributed by atoms with van der Waals surface area (Å²) in [5.74, 6) is -0.290. The van der Waals surface area contributed by atoms with Crippen LogP contribution >= 0.6 is 36.2 Å². The Hall–Kier alpha value is -3.81. The zero-order valence-corrected chi connectivity index (χ0v) is 22.2. The van der Waals surface area contributed by atoms with Crippen molar-refractivity contribution in [2.24, 2.45) is 0 Å². The molecule has 0 saturated heterocycles. The van der Waals surface area contributed by atoms with Crippen molar-refractivity contribution in [1.29, 1.82) is 5.26 Å². The molecular formula is C27H21Cl2FN6OS. The molecule has 7 nitrogen and oxygen atoms in total. The number of aliphatic hydroxyl groups excluding tert-OH is 1. The van der Waals surface area contributed by atoms with E-state index in [-0.39, 0.29) is 37.1 Å². The van der Waals surface area contributed by atoms with Crippen LogP contribution in [0, 0.1) is 17.1 Å². The highest BCUT2D eigenvalue weighted by atomic mass is 35.5. The predicted octanol–water partition coefficient (Wildman–Crippen LogP) is 6.99. The normalized spacial score (nSPS) is 11.6. The number of pyridine rings is 1. The lowest BCUT2D eigenvalue weighted by atomic mass is 10.0. The van der Waals surface area contributed by atoms with Gasteiger partial charge in [-0.3, -0.25) is 9.50 Å². The average molecular weight is 567 g/mol. The van der Waals surface area contributed by atoms with Crippen molar-refractivity contribution >= 4 is 52.0 Å². The van der Waals surface area contributed by atoms with Crippen molar-refractivity contribution in [3.63, 3.8) is 0 Å². The first-order chi connectivity index (χ1) is 17.6. The Bertz CT molecular complexity index is 1760. The number of nitrogens with one attached hydrogen (secondary N) is 1. The molecule has 0 aliphatic rings. The van der Waals surface area contributed by atoms with Gasteiger partial charge in [0.15, 0.2) is 0 Å². The summed E-state index contributed by atoms with van der Waals surface area (Å²) < 4.78 is 16.4. The largest absolute Gasteiger partial charge is 0.386 e. The summed E-state index contributed by atoms with van der Waals surface area (Å²) in [4.78, 5) is 9.11. The van der Waals surface area contributed by atoms with Gasteiger partial charge >= 0.3 is 0 Å². The minimum atomic E-state index is -0.742. The quantitative estimate of drug-likeness (QED) is 0.226. The number of H-pyrrole nitrogens is 1. The second-order valence-electron chi connectivity index (χ2n) is 8.39. The number of nitriles is 1. The van der Waals surface area contributed by atoms with Gasteiger partial charge in [0.25, 0.3) is 0 Å². The molecule has 1 atom stereocenters. The van der Waals surface area contributed by atoms with Crippen LogP contribution in [0.25, 0.3) is 49.5 Å². The van der Waals surface area contributed by atoms with E-state index in [1.807, 2.05) is 53.3 Å². The zero-order valence-electron chi connectivity index (χ0n) is 19.7. The second-order valence-corrected chi connectivity index (χ2v) is 9.45. The van der Waals surface area contributed by atoms with Crippen LogP contribution in [-0.4, -0.2) is 29.7 Å². The molecule has 0 bridgehead atoms. The number of imidazole rings is 1. The molecule has 38 heavy (non-hydrogen) atoms. The molecule has 0 fully saturated rings. The molecule has 0 aliphatic carbocycles. The topological polar surface area (TPSA) is 103 Å². The fourth-order valence-electron chi connectivity index (χ4n) is 4.26. The Kier molecular flexibility index (Phi) is 8.09. The number of nitrogens with zero attached hydrogens (tertiary/aromatic N) is 5. The van der Waals surface area contributed by atoms with Crippen LogP contribution in [0.15, 0.2) is 73.2 Å². The van der Waals surface area contributed by atoms with Gasteiger partial charge < -0.3 is 5.11 Å². The third-order valence-corrected chi connectivity index (χ3v) is 7.21. The number of hydrogen-bond acceptors (Lipinski definition) is 6. The van der Waals surface area contributed by atoms with Crippen LogP contribution in [0.5, 0.6) is 0 Å². The molecule has 0 amide bonds. The van der Waals surface area contributed by atoms with Crippen molar-refractivity contribution in [1.82, 2.24) is 24.6 Å². The Morgan fingerprint density at radius 1 is 1.05 bits per heavy atom. The van der Waals surface area contributed by atoms with Gasteiger partial charge in [-0.1, -0.05) is 6.07 Å². The van der Waals surface area contributed by atoms with Gasteiger partial charge in [-0.25, -0.2) is 14.4 Å². The summed E-state index contributed by atoms with van der Waals surface area (Å²) in [6.07, 6.45) is 5.59. The van der Waals surface area contributed by atoms with Gasteiger partial charge in [-0.05, 0) is 55.0 Å². The van der Waals surface area contributed by atoms with Crippen molar-refractivity contribution in [3.8, 4) is 39.7 Å². The molecule has 0 spiro atoms. The number of aromatic amines is 1. The van der Waals surface area contributed by atoms with E-state index < -0.39 is 6.10 Å². The number of benzene rings is 2. The third-order valence-electron chi connectivity index (χ3n) is 6.09. The van der Waals surface area contributed by atoms with E-state index in [2.05, 4.69) is 26.2 Å². The van der Waals surface area contributed by atoms with E-state index in [4.69, 9.17) is 5.26 Å². The first-order valence-electron chi connectivity index (χ1n) is 11.3. The molecule has 2 aromatic carbocycles. The first kappa shape index (κ1) is 27.2. The minimum absolute atomic E-state index is 0. The van der Waals surface area contributed by atoms with E-state index in [1.165, 1.54) is 23.5 Å². The van der Waals surface area contributed by atoms with Crippen molar-refractivity contribution in [2.75, 3.05) is 0 Å². The fourth-order valence-corrected chi connectivity index (χ4v) is 5.29. The summed E-state index contributed by atoms with van der Waals surface area (Å²) in [5.41, 5.74) is 6.91. The molecule has 4 aromatic heterocycles. The van der Waals surface area contributed by atoms with Gasteiger partial charge in [0.1, 0.15) is 22.6 Å². The van der Waals surface area contributed by atoms with Gasteiger partial charge in [0, 0.05) is 41.1 Å². The average Bonchev–Trinajstić information content (AvgIpc) is 3.64. The summed E-state index contributed by atoms with van der Waals surface area (Å²) in [6.45, 7) is 0. The van der Waals surface area contributed by atoms with E-state index >= 15 is 0 Å². The van der Waals surface area contributed by atoms with E-state index in [1.54, 1.807) is 12.1 Å². The maximum atomic E-state index is 13.4. The number of thiazole rings is 1. The summed E-state index contributed by atoms with van der Waals surface area (Å²) in [6, 6.07) is 18.3. The number of hydrogen-bond donors (Lipinski definition) is 2. The van der Waals surface area contributed by atoms with Crippen LogP contribution in [0.3, 0.4) is 0 Å². The zero-order chi connectivity index (χ0) is 24.6. The van der Waals surface area contributed by atoms with Crippen LogP contribution in [0.4, 0.5) is 4.39 Å². The molecule has 4 heterocycles. The molecule has 0 aliphatic heterocycles. The highest BCUT2D eigenvalue weighted by Crippen LogP contribution is 2.34. The molecule has 2 N–H and O–H groups in total. The lowest BCUT2D eigenvalue weighted by Crippen LogP contribution is -1.95. The van der Waals surface area contributed by atoms with E-state index in [0.29, 0.717) is 11.4 Å². The highest BCUT2D eigenvalue weighted by molar-refractivity contribution is 7.18. The third kappa shape index (κ3) is 4.99. The molecule has 11 heteroatoms. The minimum Gasteiger partial charge on any atom is -0.386 e. The van der Waals surface area contributed by atoms with Crippen LogP contribution in [0.1, 0.15) is 24.0 Å². The van der Waals surface area contributed by atoms with Gasteiger partial charge in [-0.15, -0.1) is 36.2 Å². The van der Waals surface area contributed by atoms with Crippen molar-refractivity contribution < 1.29 is 9.50 Å². The Morgan fingerprint density at radius 2 is 1.82 bits per heavy atom. The summed E-state index contributed by atoms with van der Waals surface area (Å²) in [5, 5.41) is 27.1. The summed E-state index contributed by atoms with van der Waals surface area (Å²) >= 11 is 1.44. The highest BCUT2D eigenvalue weighted by Gasteiger charge is 2.16. The molecule has 0 saturated carbocycles. The molecule has 0 radical (unpaired) electrons. The van der Waals surface area contributed by atoms with Gasteiger partial charge in [0.2, 0.25) is 0 Å². The van der Waals surface area contributed by atoms with Crippen molar-refractivity contribution in [2.45, 2.75) is 18.9 Å². The van der Waals surface area contributed by atoms with Gasteiger partial charge in [0.05, 0.1) is 33.9 Å².